The summed E-state index contributed by atoms with van der Waals surface area (Å²) in [7, 11) is 3.89. The Morgan fingerprint density at radius 3 is 2.42 bits per heavy atom. The molecule has 8 heteroatoms. The molecule has 5 rings (SSSR count). The fourth-order valence-electron chi connectivity index (χ4n) is 4.50. The van der Waals surface area contributed by atoms with Gasteiger partial charge in [0.15, 0.2) is 0 Å². The van der Waals surface area contributed by atoms with Crippen molar-refractivity contribution in [2.45, 2.75) is 6.04 Å². The van der Waals surface area contributed by atoms with Crippen LogP contribution in [0.25, 0.3) is 33.6 Å². The van der Waals surface area contributed by atoms with Crippen LogP contribution in [0.5, 0.6) is 0 Å². The van der Waals surface area contributed by atoms with Gasteiger partial charge in [-0.3, -0.25) is 4.79 Å². The first-order chi connectivity index (χ1) is 19.5. The summed E-state index contributed by atoms with van der Waals surface area (Å²) in [4.78, 5) is 23.5. The van der Waals surface area contributed by atoms with Crippen molar-refractivity contribution in [3.8, 4) is 22.5 Å². The van der Waals surface area contributed by atoms with E-state index in [1.165, 1.54) is 12.4 Å². The van der Waals surface area contributed by atoms with Crippen molar-refractivity contribution in [2.75, 3.05) is 37.9 Å². The summed E-state index contributed by atoms with van der Waals surface area (Å²) >= 11 is 0. The lowest BCUT2D eigenvalue weighted by atomic mass is 9.98. The van der Waals surface area contributed by atoms with Gasteiger partial charge >= 0.3 is 0 Å². The van der Waals surface area contributed by atoms with E-state index in [4.69, 9.17) is 4.42 Å². The minimum absolute atomic E-state index is 0.128. The zero-order chi connectivity index (χ0) is 27.9. The van der Waals surface area contributed by atoms with E-state index in [1.54, 1.807) is 0 Å². The molecule has 0 spiro atoms. The summed E-state index contributed by atoms with van der Waals surface area (Å²) in [5, 5.41) is 17.2. The maximum Gasteiger partial charge on any atom is 0.248 e. The number of furan rings is 1. The number of benzene rings is 3. The molecule has 1 amide bonds. The minimum atomic E-state index is -0.387. The first kappa shape index (κ1) is 26.8. The van der Waals surface area contributed by atoms with Crippen molar-refractivity contribution in [1.82, 2.24) is 14.9 Å². The molecule has 0 radical (unpaired) electrons. The van der Waals surface area contributed by atoms with Gasteiger partial charge in [0.2, 0.25) is 11.6 Å². The van der Waals surface area contributed by atoms with E-state index in [0.29, 0.717) is 34.9 Å². The third-order valence-corrected chi connectivity index (χ3v) is 6.38. The van der Waals surface area contributed by atoms with E-state index >= 15 is 0 Å². The van der Waals surface area contributed by atoms with E-state index in [0.717, 1.165) is 22.3 Å². The minimum Gasteiger partial charge on any atom is -0.437 e. The van der Waals surface area contributed by atoms with Crippen molar-refractivity contribution in [3.63, 3.8) is 0 Å². The fraction of sp³-hybridized carbons (Fsp3) is 0.156. The van der Waals surface area contributed by atoms with Crippen LogP contribution in [-0.2, 0) is 4.79 Å². The highest BCUT2D eigenvalue weighted by Gasteiger charge is 2.24. The van der Waals surface area contributed by atoms with Gasteiger partial charge < -0.3 is 25.1 Å². The maximum absolute atomic E-state index is 12.5. The lowest BCUT2D eigenvalue weighted by Crippen LogP contribution is -2.16. The number of aromatic nitrogens is 2. The van der Waals surface area contributed by atoms with Crippen LogP contribution < -0.4 is 10.6 Å². The zero-order valence-corrected chi connectivity index (χ0v) is 22.4. The topological polar surface area (TPSA) is 104 Å². The van der Waals surface area contributed by atoms with E-state index in [2.05, 4.69) is 20.6 Å². The van der Waals surface area contributed by atoms with Crippen LogP contribution in [0.2, 0.25) is 0 Å². The molecule has 0 aliphatic carbocycles. The van der Waals surface area contributed by atoms with Crippen molar-refractivity contribution in [3.05, 3.63) is 109 Å². The van der Waals surface area contributed by atoms with E-state index in [1.807, 2.05) is 110 Å². The van der Waals surface area contributed by atoms with E-state index < -0.39 is 0 Å². The van der Waals surface area contributed by atoms with E-state index in [-0.39, 0.29) is 18.6 Å². The number of fused-ring (bicyclic) bond motifs is 1. The Balaban J connectivity index is 1.60. The molecule has 202 valence electrons. The number of hydrogen-bond donors (Lipinski definition) is 3. The van der Waals surface area contributed by atoms with Crippen molar-refractivity contribution < 1.29 is 14.3 Å². The molecule has 0 saturated carbocycles. The number of nitrogens with one attached hydrogen (secondary N) is 2. The average Bonchev–Trinajstić information content (AvgIpc) is 3.37. The molecule has 8 nitrogen and oxygen atoms in total. The number of anilines is 2. The van der Waals surface area contributed by atoms with Crippen LogP contribution in [0.15, 0.2) is 108 Å². The van der Waals surface area contributed by atoms with Crippen LogP contribution in [0.1, 0.15) is 11.6 Å². The van der Waals surface area contributed by atoms with Gasteiger partial charge in [0.05, 0.1) is 18.0 Å². The van der Waals surface area contributed by atoms with Crippen molar-refractivity contribution >= 4 is 28.5 Å². The summed E-state index contributed by atoms with van der Waals surface area (Å²) < 4.78 is 6.34. The van der Waals surface area contributed by atoms with Crippen molar-refractivity contribution in [2.24, 2.45) is 0 Å². The number of aliphatic hydroxyl groups is 1. The van der Waals surface area contributed by atoms with Gasteiger partial charge in [-0.15, -0.1) is 0 Å². The number of aliphatic hydroxyl groups excluding tert-OH is 1. The molecule has 3 N–H and O–H groups in total. The number of carbonyl (C=O) groups is 1. The smallest absolute Gasteiger partial charge is 0.248 e. The van der Waals surface area contributed by atoms with Gasteiger partial charge in [-0.2, -0.15) is 0 Å². The Bertz CT molecular complexity index is 1610. The number of rotatable bonds is 10. The molecule has 0 aliphatic rings. The number of likely N-dealkylation sites (N-methyl/N-ethyl adjacent to an activating group) is 1. The van der Waals surface area contributed by atoms with Gasteiger partial charge in [0.25, 0.3) is 0 Å². The molecule has 0 fully saturated rings. The molecule has 3 aromatic carbocycles. The van der Waals surface area contributed by atoms with Crippen LogP contribution >= 0.6 is 0 Å². The van der Waals surface area contributed by atoms with Crippen LogP contribution in [0.4, 0.5) is 11.5 Å². The van der Waals surface area contributed by atoms with Crippen molar-refractivity contribution in [1.29, 1.82) is 0 Å². The SMILES string of the molecule is CN(C)C/C=C/C(=O)Nc1cccc(-c2c(-c3ccccc3)oc3ncnc(N[C@@H](CO)c4ccccc4)c23)c1. The highest BCUT2D eigenvalue weighted by molar-refractivity contribution is 6.07. The summed E-state index contributed by atoms with van der Waals surface area (Å²) in [6.45, 7) is 0.541. The molecule has 40 heavy (non-hydrogen) atoms. The average molecular weight is 534 g/mol. The third-order valence-electron chi connectivity index (χ3n) is 6.38. The first-order valence-electron chi connectivity index (χ1n) is 13.0. The molecule has 0 unspecified atom stereocenters. The van der Waals surface area contributed by atoms with Gasteiger partial charge in [-0.25, -0.2) is 9.97 Å². The third kappa shape index (κ3) is 6.09. The van der Waals surface area contributed by atoms with E-state index in [9.17, 15) is 9.90 Å². The Hall–Kier alpha value is -4.79. The molecule has 2 heterocycles. The Morgan fingerprint density at radius 2 is 1.70 bits per heavy atom. The molecule has 0 aliphatic heterocycles. The number of hydrogen-bond acceptors (Lipinski definition) is 7. The molecule has 5 aromatic rings. The van der Waals surface area contributed by atoms with Gasteiger partial charge in [0, 0.05) is 29.4 Å². The Kier molecular flexibility index (Phi) is 8.29. The summed E-state index contributed by atoms with van der Waals surface area (Å²) in [6, 6.07) is 26.7. The largest absolute Gasteiger partial charge is 0.437 e. The standard InChI is InChI=1S/C32H31N5O3/c1-37(2)18-10-17-27(39)35-25-16-9-15-24(19-25)28-29-31(36-26(20-38)22-11-5-3-6-12-22)33-21-34-32(29)40-30(28)23-13-7-4-8-14-23/h3-17,19,21,26,38H,18,20H2,1-2H3,(H,35,39)(H,33,34,36)/b17-10+/t26-/m0/s1. The summed E-state index contributed by atoms with van der Waals surface area (Å²) in [6.07, 6.45) is 4.79. The second-order valence-corrected chi connectivity index (χ2v) is 9.60. The second-order valence-electron chi connectivity index (χ2n) is 9.60. The molecular formula is C32H31N5O3. The second kappa shape index (κ2) is 12.4. The first-order valence-corrected chi connectivity index (χ1v) is 13.0. The quantitative estimate of drug-likeness (QED) is 0.196. The lowest BCUT2D eigenvalue weighted by Gasteiger charge is -2.18. The highest BCUT2D eigenvalue weighted by Crippen LogP contribution is 2.43. The number of amides is 1. The Labute approximate surface area is 233 Å². The van der Waals surface area contributed by atoms with Gasteiger partial charge in [-0.1, -0.05) is 78.9 Å². The predicted octanol–water partition coefficient (Wildman–Crippen LogP) is 5.76. The summed E-state index contributed by atoms with van der Waals surface area (Å²) in [5.41, 5.74) is 4.48. The molecule has 2 aromatic heterocycles. The fourth-order valence-corrected chi connectivity index (χ4v) is 4.50. The predicted molar refractivity (Wildman–Crippen MR) is 159 cm³/mol. The van der Waals surface area contributed by atoms with Gasteiger partial charge in [0.1, 0.15) is 17.9 Å². The van der Waals surface area contributed by atoms with Gasteiger partial charge in [-0.05, 0) is 37.4 Å². The normalized spacial score (nSPS) is 12.2. The molecule has 0 saturated heterocycles. The molecular weight excluding hydrogens is 502 g/mol. The van der Waals surface area contributed by atoms with Crippen LogP contribution in [0, 0.1) is 0 Å². The number of nitrogens with zero attached hydrogens (tertiary/aromatic N) is 3. The molecule has 1 atom stereocenters. The number of carbonyl (C=O) groups excluding carboxylic acids is 1. The monoisotopic (exact) mass is 533 g/mol. The zero-order valence-electron chi connectivity index (χ0n) is 22.4. The summed E-state index contributed by atoms with van der Waals surface area (Å²) in [5.74, 6) is 0.960. The maximum atomic E-state index is 12.5. The Morgan fingerprint density at radius 1 is 0.975 bits per heavy atom. The lowest BCUT2D eigenvalue weighted by molar-refractivity contribution is -0.111. The van der Waals surface area contributed by atoms with Crippen LogP contribution in [-0.4, -0.2) is 53.1 Å². The molecule has 0 bridgehead atoms. The highest BCUT2D eigenvalue weighted by atomic mass is 16.3. The van der Waals surface area contributed by atoms with Crippen LogP contribution in [0.3, 0.4) is 0 Å².